The lowest BCUT2D eigenvalue weighted by atomic mass is 9.87. The lowest BCUT2D eigenvalue weighted by Crippen LogP contribution is -2.66. The Morgan fingerprint density at radius 3 is 2.12 bits per heavy atom. The molecule has 6 heterocycles. The normalized spacial score (nSPS) is 24.7. The Kier molecular flexibility index (Phi) is 29.6. The molecule has 0 aromatic carbocycles. The van der Waals surface area contributed by atoms with Gasteiger partial charge in [-0.25, -0.2) is 24.7 Å². The number of thiazole rings is 2. The number of nitrogens with two attached hydrogens (primary N) is 5. The van der Waals surface area contributed by atoms with E-state index < -0.39 is 189 Å². The summed E-state index contributed by atoms with van der Waals surface area (Å²) in [7, 11) is 0.299. The number of carbonyl (C=O) groups excluding carboxylic acids is 8. The molecule has 2 fully saturated rings. The maximum absolute atomic E-state index is 15.2. The number of Topliss-reactive ketones (excluding diaryl/α,β-unsaturated/α-hetero) is 2. The molecule has 34 nitrogen and oxygen atoms in total. The Hall–Kier alpha value is -6.66. The van der Waals surface area contributed by atoms with Crippen molar-refractivity contribution in [3.05, 3.63) is 50.3 Å². The zero-order valence-corrected chi connectivity index (χ0v) is 56.2. The zero-order valence-electron chi connectivity index (χ0n) is 53.7. The number of aliphatic hydroxyl groups is 8. The van der Waals surface area contributed by atoms with Crippen molar-refractivity contribution < 1.29 is 103 Å². The van der Waals surface area contributed by atoms with Crippen molar-refractivity contribution >= 4 is 92.8 Å². The molecule has 3 aromatic heterocycles. The quantitative estimate of drug-likeness (QED) is 0.0149. The molecule has 3 aromatic rings. The number of anilines is 1. The highest BCUT2D eigenvalue weighted by molar-refractivity contribution is 7.95. The van der Waals surface area contributed by atoms with Crippen LogP contribution in [0.25, 0.3) is 10.7 Å². The van der Waals surface area contributed by atoms with E-state index in [1.807, 2.05) is 0 Å². The average Bonchev–Trinajstić information content (AvgIpc) is 0.883. The van der Waals surface area contributed by atoms with Gasteiger partial charge >= 0.3 is 6.09 Å². The fourth-order valence-electron chi connectivity index (χ4n) is 10.7. The van der Waals surface area contributed by atoms with E-state index in [2.05, 4.69) is 53.4 Å². The second-order valence-electron chi connectivity index (χ2n) is 23.9. The molecule has 3 aliphatic rings. The van der Waals surface area contributed by atoms with E-state index in [9.17, 15) is 74.4 Å². The third-order valence-electron chi connectivity index (χ3n) is 16.4. The third-order valence-corrected chi connectivity index (χ3v) is 19.3. The maximum Gasteiger partial charge on any atom is 0.404 e. The van der Waals surface area contributed by atoms with Crippen LogP contribution < -0.4 is 44.6 Å². The predicted molar refractivity (Wildman–Crippen MR) is 346 cm³/mol. The van der Waals surface area contributed by atoms with E-state index >= 15 is 4.79 Å². The van der Waals surface area contributed by atoms with Gasteiger partial charge in [-0.1, -0.05) is 13.0 Å². The minimum atomic E-state index is -2.17. The summed E-state index contributed by atoms with van der Waals surface area (Å²) in [5, 5.41) is 101. The highest BCUT2D eigenvalue weighted by Gasteiger charge is 2.54. The number of aliphatic imine (C=N–C) groups is 1. The summed E-state index contributed by atoms with van der Waals surface area (Å²) in [5.41, 5.74) is 28.6. The number of carbonyl (C=O) groups is 8. The summed E-state index contributed by atoms with van der Waals surface area (Å²) in [6, 6.07) is -4.73. The van der Waals surface area contributed by atoms with Gasteiger partial charge in [0, 0.05) is 73.0 Å². The summed E-state index contributed by atoms with van der Waals surface area (Å²) < 4.78 is 28.9. The van der Waals surface area contributed by atoms with Crippen LogP contribution in [0, 0.1) is 18.8 Å². The van der Waals surface area contributed by atoms with Crippen molar-refractivity contribution in [2.75, 3.05) is 43.8 Å². The summed E-state index contributed by atoms with van der Waals surface area (Å²) >= 11 is 2.61. The van der Waals surface area contributed by atoms with E-state index in [0.717, 1.165) is 18.6 Å². The molecule has 3 aliphatic heterocycles. The number of rotatable bonds is 37. The first-order chi connectivity index (χ1) is 45.3. The SMILES string of the molecule is Cc1c(N)nc([C@@H](CC[C@H](N)C(N)=O)CC(N)=O)nc1C(=O)N[C@H](C(=O)N[C@H](C)[C@@H](O)[C@H](C)C(=O)C[C@H](C(=O)NCCc1nc(-c2nc(C(=O)CCCC[S+](C)C)cs2)cs1)[C@@H](C)O)[C@@H](OC1OC(CO)C(O)C(O)C1OC1OC(CO)C(O)C(OC(N)=O)C1O)C1=CCC=N1. The number of nitrogens with zero attached hydrogens (tertiary/aromatic N) is 5. The van der Waals surface area contributed by atoms with Crippen LogP contribution >= 0.6 is 22.7 Å². The molecule has 37 heteroatoms. The van der Waals surface area contributed by atoms with Crippen LogP contribution in [0.15, 0.2) is 27.5 Å². The number of allylic oxidation sites excluding steroid dienone is 1. The Bertz CT molecular complexity index is 3250. The lowest BCUT2D eigenvalue weighted by Gasteiger charge is -2.47. The van der Waals surface area contributed by atoms with Gasteiger partial charge in [-0.15, -0.1) is 22.7 Å². The van der Waals surface area contributed by atoms with Gasteiger partial charge < -0.3 is 109 Å². The molecule has 19 atom stereocenters. The largest absolute Gasteiger partial charge is 0.441 e. The third kappa shape index (κ3) is 20.9. The van der Waals surface area contributed by atoms with E-state index in [4.69, 9.17) is 52.4 Å². The fourth-order valence-corrected chi connectivity index (χ4v) is 13.1. The highest BCUT2D eigenvalue weighted by Crippen LogP contribution is 2.34. The van der Waals surface area contributed by atoms with Gasteiger partial charge in [-0.2, -0.15) is 0 Å². The Morgan fingerprint density at radius 2 is 1.50 bits per heavy atom. The first-order valence-corrected chi connectivity index (χ1v) is 34.8. The molecular weight excluding hydrogens is 1320 g/mol. The molecule has 21 N–H and O–H groups in total. The number of nitrogens with one attached hydrogen (secondary N) is 3. The minimum Gasteiger partial charge on any atom is -0.441 e. The topological polar surface area (TPSA) is 575 Å². The highest BCUT2D eigenvalue weighted by atomic mass is 32.2. The van der Waals surface area contributed by atoms with E-state index in [1.54, 1.807) is 10.8 Å². The van der Waals surface area contributed by atoms with Crippen molar-refractivity contribution in [3.8, 4) is 10.7 Å². The van der Waals surface area contributed by atoms with Crippen molar-refractivity contribution in [2.45, 2.75) is 189 Å². The second-order valence-corrected chi connectivity index (χ2v) is 28.0. The smallest absolute Gasteiger partial charge is 0.404 e. The van der Waals surface area contributed by atoms with Crippen LogP contribution in [0.2, 0.25) is 0 Å². The number of aliphatic hydroxyl groups excluding tert-OH is 8. The molecule has 6 rings (SSSR count). The number of ether oxygens (including phenoxy) is 5. The van der Waals surface area contributed by atoms with E-state index in [1.165, 1.54) is 62.7 Å². The Morgan fingerprint density at radius 1 is 0.812 bits per heavy atom. The molecule has 10 unspecified atom stereocenters. The summed E-state index contributed by atoms with van der Waals surface area (Å²) in [4.78, 5) is 129. The van der Waals surface area contributed by atoms with Crippen LogP contribution in [-0.2, 0) is 65.0 Å². The summed E-state index contributed by atoms with van der Waals surface area (Å²) in [6.45, 7) is 3.34. The second kappa shape index (κ2) is 36.3. The van der Waals surface area contributed by atoms with Crippen LogP contribution in [0.5, 0.6) is 0 Å². The van der Waals surface area contributed by atoms with Crippen LogP contribution in [-0.4, -0.2) is 250 Å². The summed E-state index contributed by atoms with van der Waals surface area (Å²) in [5.74, 6) is -8.74. The van der Waals surface area contributed by atoms with Gasteiger partial charge in [0.15, 0.2) is 24.5 Å². The average molecular weight is 1410 g/mol. The first kappa shape index (κ1) is 78.3. The molecule has 96 heavy (non-hydrogen) atoms. The monoisotopic (exact) mass is 1410 g/mol. The van der Waals surface area contributed by atoms with Crippen molar-refractivity contribution in [1.29, 1.82) is 0 Å². The van der Waals surface area contributed by atoms with Crippen LogP contribution in [0.4, 0.5) is 10.6 Å². The number of hydrogen-bond donors (Lipinski definition) is 16. The number of primary amides is 3. The van der Waals surface area contributed by atoms with Gasteiger partial charge in [0.25, 0.3) is 5.91 Å². The first-order valence-electron chi connectivity index (χ1n) is 30.8. The predicted octanol–water partition coefficient (Wildman–Crippen LogP) is -3.88. The van der Waals surface area contributed by atoms with Crippen molar-refractivity contribution in [1.82, 2.24) is 35.9 Å². The Labute approximate surface area is 562 Å². The molecule has 0 radical (unpaired) electrons. The molecule has 0 saturated carbocycles. The van der Waals surface area contributed by atoms with Crippen LogP contribution in [0.1, 0.15) is 115 Å². The van der Waals surface area contributed by atoms with E-state index in [-0.39, 0.29) is 60.9 Å². The van der Waals surface area contributed by atoms with E-state index in [0.29, 0.717) is 38.7 Å². The lowest BCUT2D eigenvalue weighted by molar-refractivity contribution is -0.370. The molecule has 0 spiro atoms. The minimum absolute atomic E-state index is 0.0390. The number of hydrogen-bond acceptors (Lipinski definition) is 30. The van der Waals surface area contributed by atoms with Crippen molar-refractivity contribution in [2.24, 2.45) is 39.8 Å². The molecule has 0 bridgehead atoms. The Balaban J connectivity index is 1.26. The molecule has 6 amide bonds. The summed E-state index contributed by atoms with van der Waals surface area (Å²) in [6.07, 6.45) is -18.0. The van der Waals surface area contributed by atoms with Gasteiger partial charge in [-0.3, -0.25) is 38.6 Å². The standard InChI is InChI=1S/C59H87N13O21S3/c1-24(35(77)19-29(27(4)75)53(85)66-16-14-39-68-33(23-94-39)56-69-32(22-95-56)34(76)11-7-8-17-96(5)6)42(79)26(3)67-55(87)41(71-54(86)40-25(2)50(62)72-52(70-40)28(18-38(61)78)12-13-30(60)51(63)84)47(31-10-9-15-65-31)91-58-49(45(82)43(80)36(20-73)90-58)92-57-46(83)48(93-59(64)88)44(81)37(21-74)89-57/h10,15,22-24,26-30,36-37,41-49,57-58,73-75,79-83H,7-9,11-14,16-21,60H2,1-6H3,(H10-,61,62,63,64,66,67,70,71,72,78,84,85,86,87,88)/p+1/t24-,26-,27-,28+,29+,30+,36?,37?,41+,42+,43?,44?,45?,46?,47+,48?,49?,57?,58?/m1/s1. The van der Waals surface area contributed by atoms with Crippen molar-refractivity contribution in [3.63, 3.8) is 0 Å². The number of unbranched alkanes of at least 4 members (excludes halogenated alkanes) is 1. The van der Waals surface area contributed by atoms with Gasteiger partial charge in [0.1, 0.15) is 100 Å². The van der Waals surface area contributed by atoms with Gasteiger partial charge in [-0.05, 0) is 57.3 Å². The number of amides is 6. The number of ketones is 2. The van der Waals surface area contributed by atoms with Crippen LogP contribution in [0.3, 0.4) is 0 Å². The molecule has 532 valence electrons. The molecule has 2 saturated heterocycles. The zero-order chi connectivity index (χ0) is 71.0. The fraction of sp³-hybridized carbons (Fsp3) is 0.644. The number of aromatic nitrogens is 4. The number of nitrogen functional groups attached to an aromatic ring is 1. The van der Waals surface area contributed by atoms with Gasteiger partial charge in [0.2, 0.25) is 23.6 Å². The molecular formula is C59H88N13O21S3+. The van der Waals surface area contributed by atoms with Gasteiger partial charge in [0.05, 0.1) is 66.6 Å². The maximum atomic E-state index is 15.2. The molecule has 0 aliphatic carbocycles.